The zero-order valence-electron chi connectivity index (χ0n) is 31.9. The molecule has 0 bridgehead atoms. The van der Waals surface area contributed by atoms with E-state index in [4.69, 9.17) is 26.1 Å². The number of benzene rings is 2. The van der Waals surface area contributed by atoms with Gasteiger partial charge in [-0.1, -0.05) is 16.8 Å². The van der Waals surface area contributed by atoms with Crippen LogP contribution in [0, 0.1) is 0 Å². The molecular formula is C39H38ClN11O8. The average molecular weight is 824 g/mol. The summed E-state index contributed by atoms with van der Waals surface area (Å²) in [7, 11) is 3.13. The lowest BCUT2D eigenvalue weighted by atomic mass is 9.94. The number of fused-ring (bicyclic) bond motifs is 2. The van der Waals surface area contributed by atoms with E-state index in [1.807, 2.05) is 18.3 Å². The molecule has 8 rings (SSSR count). The number of ether oxygens (including phenoxy) is 2. The molecule has 3 aliphatic rings. The Morgan fingerprint density at radius 1 is 0.983 bits per heavy atom. The van der Waals surface area contributed by atoms with Crippen molar-refractivity contribution < 1.29 is 33.4 Å². The van der Waals surface area contributed by atoms with Crippen molar-refractivity contribution in [3.05, 3.63) is 87.1 Å². The van der Waals surface area contributed by atoms with Gasteiger partial charge in [-0.25, -0.2) is 9.67 Å². The quantitative estimate of drug-likeness (QED) is 0.154. The molecule has 0 radical (unpaired) electrons. The molecule has 59 heavy (non-hydrogen) atoms. The van der Waals surface area contributed by atoms with Gasteiger partial charge >= 0.3 is 0 Å². The molecule has 19 nitrogen and oxygen atoms in total. The number of hydrogen-bond acceptors (Lipinski definition) is 14. The van der Waals surface area contributed by atoms with Crippen LogP contribution < -0.4 is 35.9 Å². The number of halogens is 1. The Kier molecular flexibility index (Phi) is 10.7. The molecule has 6 heterocycles. The van der Waals surface area contributed by atoms with Gasteiger partial charge in [-0.3, -0.25) is 39.0 Å². The Bertz CT molecular complexity index is 2590. The molecule has 5 aromatic rings. The first-order valence-electron chi connectivity index (χ1n) is 18.9. The topological polar surface area (TPSA) is 225 Å². The van der Waals surface area contributed by atoms with Crippen molar-refractivity contribution in [2.75, 3.05) is 43.6 Å². The summed E-state index contributed by atoms with van der Waals surface area (Å²) in [4.78, 5) is 86.8. The maximum atomic E-state index is 13.2. The fourth-order valence-electron chi connectivity index (χ4n) is 7.37. The number of piperidine rings is 2. The predicted octanol–water partition coefficient (Wildman–Crippen LogP) is 2.31. The third kappa shape index (κ3) is 7.88. The number of carbonyl (C=O) groups is 5. The molecule has 5 amide bonds. The van der Waals surface area contributed by atoms with Gasteiger partial charge in [0.25, 0.3) is 23.3 Å². The molecule has 3 aromatic heterocycles. The summed E-state index contributed by atoms with van der Waals surface area (Å²) in [5.74, 6) is -1.09. The standard InChI is InChI=1S/C39H38ClN11O8/c1-41-33(53)20-59-31-16-22-15-23(3-6-29(22)48(2)38(31)57)43-34-27(40)18-42-39(45-34)49-11-9-21(10-12-49)28-19-50(47-46-28)13-14-58-24-4-5-25-26(17-24)37(56)51(36(25)55)30-7-8-32(52)44-35(30)54/h3-6,15-19,21,30H,7-14,20H2,1-2H3,(H,41,53)(H,42,43,45)(H,44,52,54). The molecule has 304 valence electrons. The first-order valence-corrected chi connectivity index (χ1v) is 19.3. The van der Waals surface area contributed by atoms with E-state index >= 15 is 0 Å². The van der Waals surface area contributed by atoms with Gasteiger partial charge in [0.15, 0.2) is 18.2 Å². The van der Waals surface area contributed by atoms with Crippen molar-refractivity contribution in [2.45, 2.75) is 44.2 Å². The second-order valence-electron chi connectivity index (χ2n) is 14.3. The third-order valence-electron chi connectivity index (χ3n) is 10.6. The van der Waals surface area contributed by atoms with E-state index in [9.17, 15) is 28.8 Å². The molecule has 2 saturated heterocycles. The van der Waals surface area contributed by atoms with E-state index in [0.29, 0.717) is 58.8 Å². The highest BCUT2D eigenvalue weighted by molar-refractivity contribution is 6.33. The van der Waals surface area contributed by atoms with Crippen LogP contribution in [0.25, 0.3) is 10.9 Å². The number of pyridine rings is 1. The Labute approximate surface area is 340 Å². The second kappa shape index (κ2) is 16.2. The van der Waals surface area contributed by atoms with E-state index < -0.39 is 29.7 Å². The summed E-state index contributed by atoms with van der Waals surface area (Å²) in [6.45, 7) is 1.66. The fourth-order valence-corrected chi connectivity index (χ4v) is 7.50. The van der Waals surface area contributed by atoms with Crippen molar-refractivity contribution in [3.8, 4) is 11.5 Å². The first kappa shape index (κ1) is 39.0. The van der Waals surface area contributed by atoms with Crippen LogP contribution in [0.15, 0.2) is 59.7 Å². The van der Waals surface area contributed by atoms with Gasteiger partial charge in [0.05, 0.1) is 35.1 Å². The van der Waals surface area contributed by atoms with Crippen LogP contribution >= 0.6 is 11.6 Å². The number of imide groups is 2. The number of aromatic nitrogens is 6. The Hall–Kier alpha value is -6.89. The number of amides is 5. The minimum absolute atomic E-state index is 0.0455. The minimum atomic E-state index is -1.04. The maximum Gasteiger partial charge on any atom is 0.293 e. The Morgan fingerprint density at radius 2 is 1.78 bits per heavy atom. The van der Waals surface area contributed by atoms with E-state index in [0.717, 1.165) is 23.4 Å². The van der Waals surface area contributed by atoms with Crippen molar-refractivity contribution >= 4 is 69.5 Å². The number of carbonyl (C=O) groups excluding carboxylic acids is 5. The highest BCUT2D eigenvalue weighted by Crippen LogP contribution is 2.33. The molecular weight excluding hydrogens is 786 g/mol. The molecule has 0 spiro atoms. The summed E-state index contributed by atoms with van der Waals surface area (Å²) in [5, 5.41) is 17.7. The second-order valence-corrected chi connectivity index (χ2v) is 14.7. The molecule has 1 unspecified atom stereocenters. The summed E-state index contributed by atoms with van der Waals surface area (Å²) < 4.78 is 14.5. The minimum Gasteiger partial charge on any atom is -0.492 e. The Morgan fingerprint density at radius 3 is 2.56 bits per heavy atom. The number of rotatable bonds is 12. The fraction of sp³-hybridized carbons (Fsp3) is 0.333. The van der Waals surface area contributed by atoms with Gasteiger partial charge < -0.3 is 29.6 Å². The molecule has 1 atom stereocenters. The van der Waals surface area contributed by atoms with Crippen molar-refractivity contribution in [3.63, 3.8) is 0 Å². The lowest BCUT2D eigenvalue weighted by Gasteiger charge is -2.31. The zero-order valence-corrected chi connectivity index (χ0v) is 32.7. The zero-order chi connectivity index (χ0) is 41.4. The predicted molar refractivity (Wildman–Crippen MR) is 212 cm³/mol. The summed E-state index contributed by atoms with van der Waals surface area (Å²) in [6.07, 6.45) is 5.15. The molecule has 2 fully saturated rings. The van der Waals surface area contributed by atoms with Crippen LogP contribution in [0.3, 0.4) is 0 Å². The van der Waals surface area contributed by atoms with Gasteiger partial charge in [0.1, 0.15) is 23.4 Å². The SMILES string of the molecule is CNC(=O)COc1cc2cc(Nc3nc(N4CCC(c5cn(CCOc6ccc7c(c6)C(=O)N(C6CCC(=O)NC6=O)C7=O)nn5)CC4)ncc3Cl)ccc2n(C)c1=O. The van der Waals surface area contributed by atoms with Crippen LogP contribution in [0.4, 0.5) is 17.5 Å². The molecule has 20 heteroatoms. The maximum absolute atomic E-state index is 13.2. The molecule has 2 aromatic carbocycles. The van der Waals surface area contributed by atoms with Crippen LogP contribution in [0.2, 0.25) is 5.02 Å². The highest BCUT2D eigenvalue weighted by Gasteiger charge is 2.44. The lowest BCUT2D eigenvalue weighted by molar-refractivity contribution is -0.136. The van der Waals surface area contributed by atoms with E-state index in [2.05, 4.69) is 36.1 Å². The van der Waals surface area contributed by atoms with E-state index in [-0.39, 0.29) is 60.3 Å². The number of anilines is 3. The average Bonchev–Trinajstić information content (AvgIpc) is 3.81. The van der Waals surface area contributed by atoms with Gasteiger partial charge in [-0.2, -0.15) is 4.98 Å². The first-order chi connectivity index (χ1) is 28.5. The summed E-state index contributed by atoms with van der Waals surface area (Å²) >= 11 is 6.53. The normalized spacial score (nSPS) is 17.0. The summed E-state index contributed by atoms with van der Waals surface area (Å²) in [6, 6.07) is 10.6. The van der Waals surface area contributed by atoms with Gasteiger partial charge in [-0.15, -0.1) is 5.10 Å². The number of nitrogens with one attached hydrogen (secondary N) is 3. The van der Waals surface area contributed by atoms with Crippen LogP contribution in [-0.2, 0) is 28.0 Å². The van der Waals surface area contributed by atoms with Gasteiger partial charge in [0.2, 0.25) is 17.8 Å². The van der Waals surface area contributed by atoms with Crippen LogP contribution in [0.5, 0.6) is 11.5 Å². The van der Waals surface area contributed by atoms with E-state index in [1.54, 1.807) is 36.1 Å². The van der Waals surface area contributed by atoms with Crippen LogP contribution in [0.1, 0.15) is 58.0 Å². The molecule has 0 saturated carbocycles. The van der Waals surface area contributed by atoms with Crippen molar-refractivity contribution in [1.82, 2.24) is 45.1 Å². The van der Waals surface area contributed by atoms with Crippen LogP contribution in [-0.4, -0.2) is 103 Å². The largest absolute Gasteiger partial charge is 0.492 e. The number of hydrogen-bond donors (Lipinski definition) is 3. The number of aryl methyl sites for hydroxylation is 1. The number of nitrogens with zero attached hydrogens (tertiary/aromatic N) is 8. The lowest BCUT2D eigenvalue weighted by Crippen LogP contribution is -2.54. The Balaban J connectivity index is 0.849. The van der Waals surface area contributed by atoms with Crippen molar-refractivity contribution in [1.29, 1.82) is 0 Å². The molecule has 3 aliphatic heterocycles. The molecule has 0 aliphatic carbocycles. The highest BCUT2D eigenvalue weighted by atomic mass is 35.5. The van der Waals surface area contributed by atoms with Gasteiger partial charge in [0, 0.05) is 56.8 Å². The smallest absolute Gasteiger partial charge is 0.293 e. The summed E-state index contributed by atoms with van der Waals surface area (Å²) in [5.41, 5.74) is 2.17. The van der Waals surface area contributed by atoms with E-state index in [1.165, 1.54) is 23.7 Å². The van der Waals surface area contributed by atoms with Gasteiger partial charge in [-0.05, 0) is 61.7 Å². The number of likely N-dealkylation sites (N-methyl/N-ethyl adjacent to an activating group) is 1. The molecule has 3 N–H and O–H groups in total. The monoisotopic (exact) mass is 823 g/mol. The van der Waals surface area contributed by atoms with Crippen molar-refractivity contribution in [2.24, 2.45) is 7.05 Å². The third-order valence-corrected chi connectivity index (χ3v) is 10.9.